The molecular formula is C15H16IN3O7S. The number of benzene rings is 2. The predicted molar refractivity (Wildman–Crippen MR) is 104 cm³/mol. The molecule has 10 nitrogen and oxygen atoms in total. The number of hydrazone groups is 1. The molecule has 0 heterocycles. The minimum Gasteiger partial charge on any atom is -0.595 e. The van der Waals surface area contributed by atoms with Gasteiger partial charge in [-0.05, 0) is 40.8 Å². The largest absolute Gasteiger partial charge is 0.595 e. The lowest BCUT2D eigenvalue weighted by molar-refractivity contribution is -0.991. The number of sulfonamides is 1. The van der Waals surface area contributed by atoms with Gasteiger partial charge in [-0.25, -0.2) is 10.0 Å². The van der Waals surface area contributed by atoms with Gasteiger partial charge in [0, 0.05) is 21.3 Å². The molecule has 0 aliphatic carbocycles. The van der Waals surface area contributed by atoms with E-state index in [9.17, 15) is 18.7 Å². The van der Waals surface area contributed by atoms with Crippen molar-refractivity contribution in [2.45, 2.75) is 4.90 Å². The smallest absolute Gasteiger partial charge is 0.276 e. The number of phenols is 1. The Hall–Kier alpha value is -2.13. The van der Waals surface area contributed by atoms with Gasteiger partial charge < -0.3 is 19.8 Å². The summed E-state index contributed by atoms with van der Waals surface area (Å²) in [4.78, 5) is 1.88. The lowest BCUT2D eigenvalue weighted by Gasteiger charge is -2.14. The minimum absolute atomic E-state index is 0.0503. The maximum absolute atomic E-state index is 12.3. The second kappa shape index (κ2) is 8.71. The number of hydrogen-bond donors (Lipinski definition) is 4. The molecule has 146 valence electrons. The number of ether oxygens (including phenoxy) is 2. The number of nitrogens with one attached hydrogen (secondary N) is 2. The molecule has 0 fully saturated rings. The van der Waals surface area contributed by atoms with Gasteiger partial charge in [-0.2, -0.15) is 18.7 Å². The van der Waals surface area contributed by atoms with E-state index >= 15 is 0 Å². The van der Waals surface area contributed by atoms with Crippen LogP contribution in [0.2, 0.25) is 0 Å². The summed E-state index contributed by atoms with van der Waals surface area (Å²) >= 11 is 1.87. The van der Waals surface area contributed by atoms with Crippen molar-refractivity contribution >= 4 is 44.5 Å². The highest BCUT2D eigenvalue weighted by Crippen LogP contribution is 2.29. The first-order valence-electron chi connectivity index (χ1n) is 7.22. The summed E-state index contributed by atoms with van der Waals surface area (Å²) in [7, 11) is -1.22. The summed E-state index contributed by atoms with van der Waals surface area (Å²) < 4.78 is 35.3. The Balaban J connectivity index is 2.28. The Morgan fingerprint density at radius 3 is 2.48 bits per heavy atom. The Morgan fingerprint density at radius 1 is 1.22 bits per heavy atom. The van der Waals surface area contributed by atoms with Gasteiger partial charge in [-0.3, -0.25) is 0 Å². The topological polar surface area (TPSA) is 145 Å². The number of quaternary nitrogens is 1. The summed E-state index contributed by atoms with van der Waals surface area (Å²) in [5, 5.41) is 32.4. The fraction of sp³-hybridized carbons (Fsp3) is 0.133. The van der Waals surface area contributed by atoms with Gasteiger partial charge in [0.05, 0.1) is 25.3 Å². The Bertz CT molecular complexity index is 964. The van der Waals surface area contributed by atoms with Gasteiger partial charge in [-0.15, -0.1) is 0 Å². The fourth-order valence-electron chi connectivity index (χ4n) is 2.08. The summed E-state index contributed by atoms with van der Waals surface area (Å²) in [5.41, 5.74) is -0.264. The van der Waals surface area contributed by atoms with Gasteiger partial charge in [0.2, 0.25) is 5.69 Å². The van der Waals surface area contributed by atoms with Crippen molar-refractivity contribution in [2.24, 2.45) is 5.10 Å². The highest BCUT2D eigenvalue weighted by atomic mass is 127. The summed E-state index contributed by atoms with van der Waals surface area (Å²) in [5.74, 6) is 0.0765. The average Bonchev–Trinajstić information content (AvgIpc) is 2.63. The van der Waals surface area contributed by atoms with E-state index in [2.05, 4.69) is 5.10 Å². The molecule has 0 radical (unpaired) electrons. The SMILES string of the molecule is COc1ccc(S(=O)(=O)N/N=C/c2cc(I)cc([NH+]([O-])O)c2O)cc1OC. The van der Waals surface area contributed by atoms with Gasteiger partial charge >= 0.3 is 0 Å². The molecule has 0 amide bonds. The van der Waals surface area contributed by atoms with Crippen LogP contribution >= 0.6 is 22.6 Å². The molecule has 0 saturated heterocycles. The van der Waals surface area contributed by atoms with Gasteiger partial charge in [0.1, 0.15) is 0 Å². The Morgan fingerprint density at radius 2 is 1.89 bits per heavy atom. The molecule has 0 bridgehead atoms. The van der Waals surface area contributed by atoms with E-state index in [0.717, 1.165) is 6.21 Å². The highest BCUT2D eigenvalue weighted by Gasteiger charge is 2.17. The normalized spacial score (nSPS) is 12.8. The summed E-state index contributed by atoms with van der Waals surface area (Å²) in [6, 6.07) is 6.74. The third-order valence-electron chi connectivity index (χ3n) is 3.38. The lowest BCUT2D eigenvalue weighted by Crippen LogP contribution is -2.99. The number of rotatable bonds is 7. The van der Waals surface area contributed by atoms with Crippen LogP contribution in [0.3, 0.4) is 0 Å². The Kier molecular flexibility index (Phi) is 6.83. The number of phenolic OH excluding ortho intramolecular Hbond substituents is 1. The number of aromatic hydroxyl groups is 1. The van der Waals surface area contributed by atoms with Crippen LogP contribution in [0.15, 0.2) is 40.3 Å². The summed E-state index contributed by atoms with van der Waals surface area (Å²) in [6.07, 6.45) is 1.02. The lowest BCUT2D eigenvalue weighted by atomic mass is 10.2. The molecule has 0 aromatic heterocycles. The van der Waals surface area contributed by atoms with Crippen LogP contribution in [0.1, 0.15) is 5.56 Å². The molecule has 2 rings (SSSR count). The van der Waals surface area contributed by atoms with Gasteiger partial charge in [0.15, 0.2) is 17.2 Å². The highest BCUT2D eigenvalue weighted by molar-refractivity contribution is 14.1. The van der Waals surface area contributed by atoms with Crippen LogP contribution in [0, 0.1) is 8.78 Å². The van der Waals surface area contributed by atoms with Crippen LogP contribution in [0.4, 0.5) is 5.69 Å². The van der Waals surface area contributed by atoms with Crippen molar-refractivity contribution in [3.05, 3.63) is 44.7 Å². The molecule has 1 unspecified atom stereocenters. The predicted octanol–water partition coefficient (Wildman–Crippen LogP) is 0.730. The van der Waals surface area contributed by atoms with Crippen LogP contribution in [-0.4, -0.2) is 39.2 Å². The van der Waals surface area contributed by atoms with Crippen LogP contribution < -0.4 is 19.5 Å². The van der Waals surface area contributed by atoms with Crippen molar-refractivity contribution in [1.29, 1.82) is 0 Å². The van der Waals surface area contributed by atoms with E-state index in [-0.39, 0.29) is 21.9 Å². The third kappa shape index (κ3) is 4.98. The van der Waals surface area contributed by atoms with Crippen molar-refractivity contribution in [2.75, 3.05) is 14.2 Å². The molecule has 0 aliphatic rings. The van der Waals surface area contributed by atoms with E-state index in [4.69, 9.17) is 14.7 Å². The fourth-order valence-corrected chi connectivity index (χ4v) is 3.54. The first-order valence-corrected chi connectivity index (χ1v) is 9.78. The Labute approximate surface area is 168 Å². The maximum Gasteiger partial charge on any atom is 0.276 e. The molecule has 0 saturated carbocycles. The number of methoxy groups -OCH3 is 2. The molecular weight excluding hydrogens is 493 g/mol. The zero-order valence-corrected chi connectivity index (χ0v) is 17.1. The molecule has 27 heavy (non-hydrogen) atoms. The first kappa shape index (κ1) is 21.2. The number of halogens is 1. The third-order valence-corrected chi connectivity index (χ3v) is 5.22. The van der Waals surface area contributed by atoms with E-state index in [0.29, 0.717) is 9.32 Å². The zero-order valence-electron chi connectivity index (χ0n) is 14.1. The van der Waals surface area contributed by atoms with Crippen molar-refractivity contribution in [3.63, 3.8) is 0 Å². The number of nitrogens with zero attached hydrogens (tertiary/aromatic N) is 1. The van der Waals surface area contributed by atoms with E-state index in [1.54, 1.807) is 0 Å². The monoisotopic (exact) mass is 509 g/mol. The molecule has 2 aromatic carbocycles. The van der Waals surface area contributed by atoms with E-state index in [1.807, 2.05) is 27.4 Å². The van der Waals surface area contributed by atoms with Crippen molar-refractivity contribution in [3.8, 4) is 17.2 Å². The van der Waals surface area contributed by atoms with Crippen LogP contribution in [-0.2, 0) is 10.0 Å². The van der Waals surface area contributed by atoms with Gasteiger partial charge in [0.25, 0.3) is 10.0 Å². The molecule has 0 spiro atoms. The summed E-state index contributed by atoms with van der Waals surface area (Å²) in [6.45, 7) is 0. The molecule has 12 heteroatoms. The quantitative estimate of drug-likeness (QED) is 0.186. The standard InChI is InChI=1S/C15H16IN3O7S/c1-25-13-4-3-11(7-14(13)26-2)27(23,24)18-17-8-9-5-10(16)6-12(15(9)20)19(21)22/h3-8,18-21H,1-2H3/b17-8+. The number of hydrogen-bond acceptors (Lipinski definition) is 8. The molecule has 2 aromatic rings. The van der Waals surface area contributed by atoms with Crippen LogP contribution in [0.5, 0.6) is 17.2 Å². The maximum atomic E-state index is 12.3. The van der Waals surface area contributed by atoms with Gasteiger partial charge in [-0.1, -0.05) is 0 Å². The minimum atomic E-state index is -4.02. The average molecular weight is 509 g/mol. The second-order valence-electron chi connectivity index (χ2n) is 5.07. The molecule has 4 N–H and O–H groups in total. The molecule has 1 atom stereocenters. The van der Waals surface area contributed by atoms with E-state index in [1.165, 1.54) is 44.6 Å². The van der Waals surface area contributed by atoms with Crippen molar-refractivity contribution < 1.29 is 33.4 Å². The van der Waals surface area contributed by atoms with E-state index < -0.39 is 21.0 Å². The molecule has 0 aliphatic heterocycles. The first-order chi connectivity index (χ1) is 12.7. The van der Waals surface area contributed by atoms with Crippen molar-refractivity contribution in [1.82, 2.24) is 4.83 Å². The zero-order chi connectivity index (χ0) is 20.2. The van der Waals surface area contributed by atoms with Crippen LogP contribution in [0.25, 0.3) is 0 Å². The second-order valence-corrected chi connectivity index (χ2v) is 7.97.